The van der Waals surface area contributed by atoms with E-state index in [1.54, 1.807) is 12.1 Å². The van der Waals surface area contributed by atoms with Gasteiger partial charge < -0.3 is 19.5 Å². The van der Waals surface area contributed by atoms with Gasteiger partial charge in [-0.2, -0.15) is 0 Å². The second-order valence-electron chi connectivity index (χ2n) is 6.19. The largest absolute Gasteiger partial charge is 0.495 e. The topological polar surface area (TPSA) is 73.9 Å². The summed E-state index contributed by atoms with van der Waals surface area (Å²) >= 11 is 6.06. The SMILES string of the molecule is COc1cc(Cl)c(C)cc1NC(=O)[C@H](C)OC(=O)CCCOc1ccccc1. The van der Waals surface area contributed by atoms with E-state index in [0.717, 1.165) is 11.3 Å². The van der Waals surface area contributed by atoms with Gasteiger partial charge >= 0.3 is 5.97 Å². The molecule has 0 heterocycles. The maximum absolute atomic E-state index is 12.3. The normalized spacial score (nSPS) is 11.4. The zero-order chi connectivity index (χ0) is 20.5. The van der Waals surface area contributed by atoms with Crippen molar-refractivity contribution in [2.24, 2.45) is 0 Å². The van der Waals surface area contributed by atoms with Gasteiger partial charge in [0.1, 0.15) is 11.5 Å². The van der Waals surface area contributed by atoms with E-state index < -0.39 is 18.0 Å². The standard InChI is InChI=1S/C21H24ClNO5/c1-14-12-18(19(26-3)13-17(14)22)23-21(25)15(2)28-20(24)10-7-11-27-16-8-5-4-6-9-16/h4-6,8-9,12-13,15H,7,10-11H2,1-3H3,(H,23,25)/t15-/m0/s1. The number of halogens is 1. The average molecular weight is 406 g/mol. The molecule has 0 radical (unpaired) electrons. The molecule has 2 aromatic carbocycles. The van der Waals surface area contributed by atoms with Crippen molar-refractivity contribution in [1.29, 1.82) is 0 Å². The van der Waals surface area contributed by atoms with Gasteiger partial charge in [0.2, 0.25) is 0 Å². The minimum Gasteiger partial charge on any atom is -0.495 e. The number of hydrogen-bond acceptors (Lipinski definition) is 5. The predicted molar refractivity (Wildman–Crippen MR) is 108 cm³/mol. The summed E-state index contributed by atoms with van der Waals surface area (Å²) in [4.78, 5) is 24.3. The van der Waals surface area contributed by atoms with Gasteiger partial charge in [0, 0.05) is 17.5 Å². The Kier molecular flexibility index (Phi) is 8.14. The van der Waals surface area contributed by atoms with Crippen LogP contribution in [-0.4, -0.2) is 31.7 Å². The second-order valence-corrected chi connectivity index (χ2v) is 6.60. The number of aryl methyl sites for hydroxylation is 1. The number of hydrogen-bond donors (Lipinski definition) is 1. The first-order valence-corrected chi connectivity index (χ1v) is 9.31. The van der Waals surface area contributed by atoms with Crippen LogP contribution in [0, 0.1) is 6.92 Å². The molecule has 150 valence electrons. The molecule has 6 nitrogen and oxygen atoms in total. The fourth-order valence-corrected chi connectivity index (χ4v) is 2.55. The Balaban J connectivity index is 1.78. The van der Waals surface area contributed by atoms with E-state index in [1.807, 2.05) is 37.3 Å². The third-order valence-electron chi connectivity index (χ3n) is 3.95. The third kappa shape index (κ3) is 6.46. The van der Waals surface area contributed by atoms with Gasteiger partial charge in [-0.3, -0.25) is 9.59 Å². The maximum Gasteiger partial charge on any atom is 0.306 e. The maximum atomic E-state index is 12.3. The fourth-order valence-electron chi connectivity index (χ4n) is 2.40. The molecule has 0 unspecified atom stereocenters. The zero-order valence-electron chi connectivity index (χ0n) is 16.2. The second kappa shape index (κ2) is 10.6. The van der Waals surface area contributed by atoms with Gasteiger partial charge in [0.15, 0.2) is 6.10 Å². The van der Waals surface area contributed by atoms with Crippen LogP contribution >= 0.6 is 11.6 Å². The van der Waals surface area contributed by atoms with Crippen LogP contribution in [-0.2, 0) is 14.3 Å². The highest BCUT2D eigenvalue weighted by atomic mass is 35.5. The Labute approximate surface area is 169 Å². The van der Waals surface area contributed by atoms with Crippen LogP contribution in [0.1, 0.15) is 25.3 Å². The number of nitrogens with one attached hydrogen (secondary N) is 1. The minimum absolute atomic E-state index is 0.161. The highest BCUT2D eigenvalue weighted by molar-refractivity contribution is 6.31. The number of methoxy groups -OCH3 is 1. The molecule has 2 aromatic rings. The van der Waals surface area contributed by atoms with E-state index in [0.29, 0.717) is 29.5 Å². The molecule has 0 bridgehead atoms. The van der Waals surface area contributed by atoms with Crippen molar-refractivity contribution < 1.29 is 23.8 Å². The summed E-state index contributed by atoms with van der Waals surface area (Å²) < 4.78 is 15.9. The molecule has 7 heteroatoms. The van der Waals surface area contributed by atoms with Crippen molar-refractivity contribution in [2.75, 3.05) is 19.0 Å². The lowest BCUT2D eigenvalue weighted by molar-refractivity contribution is -0.153. The van der Waals surface area contributed by atoms with Gasteiger partial charge in [-0.1, -0.05) is 29.8 Å². The third-order valence-corrected chi connectivity index (χ3v) is 4.36. The first-order chi connectivity index (χ1) is 13.4. The summed E-state index contributed by atoms with van der Waals surface area (Å²) in [7, 11) is 1.48. The Morgan fingerprint density at radius 1 is 1.18 bits per heavy atom. The number of ether oxygens (including phenoxy) is 3. The number of amides is 1. The van der Waals surface area contributed by atoms with Crippen molar-refractivity contribution in [3.05, 3.63) is 53.1 Å². The van der Waals surface area contributed by atoms with Crippen LogP contribution in [0.25, 0.3) is 0 Å². The molecule has 2 rings (SSSR count). The van der Waals surface area contributed by atoms with E-state index in [4.69, 9.17) is 25.8 Å². The highest BCUT2D eigenvalue weighted by Crippen LogP contribution is 2.31. The molecule has 0 aliphatic carbocycles. The number of carbonyl (C=O) groups is 2. The van der Waals surface area contributed by atoms with Crippen molar-refractivity contribution in [3.8, 4) is 11.5 Å². The van der Waals surface area contributed by atoms with Gasteiger partial charge in [-0.05, 0) is 44.0 Å². The van der Waals surface area contributed by atoms with Crippen molar-refractivity contribution in [1.82, 2.24) is 0 Å². The summed E-state index contributed by atoms with van der Waals surface area (Å²) in [6, 6.07) is 12.7. The molecule has 0 spiro atoms. The van der Waals surface area contributed by atoms with Gasteiger partial charge in [0.25, 0.3) is 5.91 Å². The number of carbonyl (C=O) groups excluding carboxylic acids is 2. The van der Waals surface area contributed by atoms with Crippen LogP contribution < -0.4 is 14.8 Å². The number of para-hydroxylation sites is 1. The Bertz CT molecular complexity index is 810. The Morgan fingerprint density at radius 3 is 2.57 bits per heavy atom. The molecule has 0 aromatic heterocycles. The van der Waals surface area contributed by atoms with Gasteiger partial charge in [0.05, 0.1) is 19.4 Å². The van der Waals surface area contributed by atoms with E-state index in [2.05, 4.69) is 5.32 Å². The van der Waals surface area contributed by atoms with Gasteiger partial charge in [-0.15, -0.1) is 0 Å². The lowest BCUT2D eigenvalue weighted by atomic mass is 10.2. The quantitative estimate of drug-likeness (QED) is 0.494. The average Bonchev–Trinajstić information content (AvgIpc) is 2.68. The van der Waals surface area contributed by atoms with E-state index in [1.165, 1.54) is 14.0 Å². The number of rotatable bonds is 9. The molecule has 0 saturated heterocycles. The van der Waals surface area contributed by atoms with Crippen molar-refractivity contribution in [3.63, 3.8) is 0 Å². The summed E-state index contributed by atoms with van der Waals surface area (Å²) in [5.41, 5.74) is 1.26. The predicted octanol–water partition coefficient (Wildman–Crippen LogP) is 4.39. The molecular formula is C21H24ClNO5. The summed E-state index contributed by atoms with van der Waals surface area (Å²) in [5.74, 6) is 0.267. The number of anilines is 1. The summed E-state index contributed by atoms with van der Waals surface area (Å²) in [5, 5.41) is 3.23. The first-order valence-electron chi connectivity index (χ1n) is 8.93. The van der Waals surface area contributed by atoms with Crippen LogP contribution in [0.2, 0.25) is 5.02 Å². The lowest BCUT2D eigenvalue weighted by Gasteiger charge is -2.16. The van der Waals surface area contributed by atoms with Crippen molar-refractivity contribution >= 4 is 29.2 Å². The first kappa shape index (κ1) is 21.6. The zero-order valence-corrected chi connectivity index (χ0v) is 16.9. The van der Waals surface area contributed by atoms with Crippen LogP contribution in [0.5, 0.6) is 11.5 Å². The van der Waals surface area contributed by atoms with E-state index in [9.17, 15) is 9.59 Å². The van der Waals surface area contributed by atoms with Crippen molar-refractivity contribution in [2.45, 2.75) is 32.8 Å². The molecule has 1 amide bonds. The fraction of sp³-hybridized carbons (Fsp3) is 0.333. The molecule has 0 saturated carbocycles. The summed E-state index contributed by atoms with van der Waals surface area (Å²) in [6.45, 7) is 3.72. The minimum atomic E-state index is -0.941. The Hall–Kier alpha value is -2.73. The number of benzene rings is 2. The lowest BCUT2D eigenvalue weighted by Crippen LogP contribution is -2.30. The van der Waals surface area contributed by atoms with Crippen LogP contribution in [0.3, 0.4) is 0 Å². The smallest absolute Gasteiger partial charge is 0.306 e. The molecule has 0 aliphatic rings. The molecule has 1 atom stereocenters. The highest BCUT2D eigenvalue weighted by Gasteiger charge is 2.19. The molecule has 28 heavy (non-hydrogen) atoms. The summed E-state index contributed by atoms with van der Waals surface area (Å²) in [6.07, 6.45) is -0.289. The van der Waals surface area contributed by atoms with Gasteiger partial charge in [-0.25, -0.2) is 0 Å². The molecule has 0 aliphatic heterocycles. The van der Waals surface area contributed by atoms with E-state index in [-0.39, 0.29) is 6.42 Å². The molecular weight excluding hydrogens is 382 g/mol. The Morgan fingerprint density at radius 2 is 1.89 bits per heavy atom. The number of esters is 1. The van der Waals surface area contributed by atoms with E-state index >= 15 is 0 Å². The van der Waals surface area contributed by atoms with Crippen LogP contribution in [0.4, 0.5) is 5.69 Å². The molecule has 0 fully saturated rings. The molecule has 1 N–H and O–H groups in total. The monoisotopic (exact) mass is 405 g/mol. The van der Waals surface area contributed by atoms with Crippen LogP contribution in [0.15, 0.2) is 42.5 Å².